The van der Waals surface area contributed by atoms with Crippen LogP contribution in [0.15, 0.2) is 30.3 Å². The van der Waals surface area contributed by atoms with E-state index in [9.17, 15) is 4.79 Å². The van der Waals surface area contributed by atoms with Gasteiger partial charge in [0.2, 0.25) is 0 Å². The highest BCUT2D eigenvalue weighted by Crippen LogP contribution is 2.23. The van der Waals surface area contributed by atoms with Crippen LogP contribution in [0.5, 0.6) is 0 Å². The van der Waals surface area contributed by atoms with E-state index >= 15 is 0 Å². The van der Waals surface area contributed by atoms with Gasteiger partial charge in [-0.15, -0.1) is 0 Å². The van der Waals surface area contributed by atoms with Crippen molar-refractivity contribution in [3.05, 3.63) is 35.9 Å². The highest BCUT2D eigenvalue weighted by molar-refractivity contribution is 5.39. The second-order valence-electron chi connectivity index (χ2n) is 6.42. The molecule has 0 spiro atoms. The normalized spacial score (nSPS) is 12.0. The minimum atomic E-state index is -0.132. The molecule has 0 amide bonds. The van der Waals surface area contributed by atoms with Crippen LogP contribution in [-0.2, 0) is 9.53 Å². The fourth-order valence-corrected chi connectivity index (χ4v) is 3.01. The zero-order valence-electron chi connectivity index (χ0n) is 14.8. The van der Waals surface area contributed by atoms with E-state index in [0.717, 1.165) is 18.4 Å². The lowest BCUT2D eigenvalue weighted by Crippen LogP contribution is -2.03. The first kappa shape index (κ1) is 19.7. The first-order chi connectivity index (χ1) is 11.4. The molecule has 1 radical (unpaired) electrons. The molecule has 1 unspecified atom stereocenters. The zero-order valence-corrected chi connectivity index (χ0v) is 14.8. The molecule has 129 valence electrons. The standard InChI is InChI=1S/C21H33O2/c1-2-3-4-5-6-7-8-9-10-11-15-18-21(23-19-22)20-16-13-12-14-17-20/h12-14,16-17,21H,2-11,15,18H2,1H3. The van der Waals surface area contributed by atoms with Gasteiger partial charge in [0.1, 0.15) is 6.10 Å². The Hall–Kier alpha value is -1.31. The minimum Gasteiger partial charge on any atom is -0.449 e. The van der Waals surface area contributed by atoms with Crippen LogP contribution in [0.25, 0.3) is 0 Å². The summed E-state index contributed by atoms with van der Waals surface area (Å²) in [5, 5.41) is 0. The van der Waals surface area contributed by atoms with Crippen molar-refractivity contribution in [1.29, 1.82) is 0 Å². The molecule has 1 aromatic carbocycles. The van der Waals surface area contributed by atoms with Crippen LogP contribution in [0.1, 0.15) is 95.6 Å². The molecule has 0 N–H and O–H groups in total. The molecule has 2 heteroatoms. The molecule has 1 rings (SSSR count). The number of carbonyl (C=O) groups excluding carboxylic acids is 1. The second-order valence-corrected chi connectivity index (χ2v) is 6.42. The minimum absolute atomic E-state index is 0.132. The molecule has 1 atom stereocenters. The van der Waals surface area contributed by atoms with Gasteiger partial charge in [-0.2, -0.15) is 0 Å². The number of unbranched alkanes of at least 4 members (excludes halogenated alkanes) is 10. The molecule has 0 heterocycles. The summed E-state index contributed by atoms with van der Waals surface area (Å²) < 4.78 is 5.11. The Labute approximate surface area is 142 Å². The Morgan fingerprint density at radius 1 is 0.826 bits per heavy atom. The summed E-state index contributed by atoms with van der Waals surface area (Å²) in [6, 6.07) is 9.97. The van der Waals surface area contributed by atoms with E-state index in [2.05, 4.69) is 6.92 Å². The third kappa shape index (κ3) is 10.1. The van der Waals surface area contributed by atoms with Gasteiger partial charge in [-0.1, -0.05) is 101 Å². The van der Waals surface area contributed by atoms with Crippen LogP contribution in [0.2, 0.25) is 0 Å². The molecule has 0 aliphatic heterocycles. The van der Waals surface area contributed by atoms with Gasteiger partial charge < -0.3 is 4.74 Å². The monoisotopic (exact) mass is 317 g/mol. The van der Waals surface area contributed by atoms with Crippen LogP contribution in [0.3, 0.4) is 0 Å². The number of ether oxygens (including phenoxy) is 1. The van der Waals surface area contributed by atoms with E-state index in [1.165, 1.54) is 64.2 Å². The molecule has 0 saturated carbocycles. The predicted octanol–water partition coefficient (Wildman–Crippen LogP) is 6.51. The molecule has 0 bridgehead atoms. The highest BCUT2D eigenvalue weighted by Gasteiger charge is 2.11. The molecule has 0 aromatic heterocycles. The Bertz CT molecular complexity index is 375. The fourth-order valence-electron chi connectivity index (χ4n) is 3.01. The van der Waals surface area contributed by atoms with Crippen molar-refractivity contribution in [2.45, 2.75) is 90.1 Å². The maximum absolute atomic E-state index is 10.5. The van der Waals surface area contributed by atoms with Crippen LogP contribution in [0, 0.1) is 0 Å². The highest BCUT2D eigenvalue weighted by atomic mass is 16.5. The number of hydrogen-bond donors (Lipinski definition) is 0. The van der Waals surface area contributed by atoms with E-state index in [0.29, 0.717) is 0 Å². The summed E-state index contributed by atoms with van der Waals surface area (Å²) in [6.45, 7) is 3.87. The van der Waals surface area contributed by atoms with Crippen LogP contribution < -0.4 is 0 Å². The van der Waals surface area contributed by atoms with Gasteiger partial charge in [0, 0.05) is 0 Å². The van der Waals surface area contributed by atoms with E-state index in [4.69, 9.17) is 4.74 Å². The third-order valence-corrected chi connectivity index (χ3v) is 4.43. The van der Waals surface area contributed by atoms with E-state index < -0.39 is 0 Å². The van der Waals surface area contributed by atoms with Crippen molar-refractivity contribution < 1.29 is 9.53 Å². The molecule has 23 heavy (non-hydrogen) atoms. The third-order valence-electron chi connectivity index (χ3n) is 4.43. The van der Waals surface area contributed by atoms with Gasteiger partial charge >= 0.3 is 6.47 Å². The number of benzene rings is 1. The van der Waals surface area contributed by atoms with Crippen molar-refractivity contribution in [3.8, 4) is 0 Å². The summed E-state index contributed by atoms with van der Waals surface area (Å²) in [7, 11) is 0. The van der Waals surface area contributed by atoms with Crippen LogP contribution in [-0.4, -0.2) is 6.47 Å². The summed E-state index contributed by atoms with van der Waals surface area (Å²) in [4.78, 5) is 10.5. The van der Waals surface area contributed by atoms with Gasteiger partial charge in [0.25, 0.3) is 0 Å². The molecular weight excluding hydrogens is 284 g/mol. The lowest BCUT2D eigenvalue weighted by Gasteiger charge is -2.14. The Kier molecular flexibility index (Phi) is 12.3. The van der Waals surface area contributed by atoms with E-state index in [-0.39, 0.29) is 6.10 Å². The number of rotatable bonds is 15. The molecule has 1 aromatic rings. The van der Waals surface area contributed by atoms with Gasteiger partial charge in [0.05, 0.1) is 0 Å². The molecule has 0 saturated heterocycles. The van der Waals surface area contributed by atoms with Gasteiger partial charge in [-0.05, 0) is 18.4 Å². The van der Waals surface area contributed by atoms with E-state index in [1.807, 2.05) is 30.3 Å². The van der Waals surface area contributed by atoms with Gasteiger partial charge in [0.15, 0.2) is 0 Å². The Morgan fingerprint density at radius 3 is 1.87 bits per heavy atom. The zero-order chi connectivity index (χ0) is 16.6. The Morgan fingerprint density at radius 2 is 1.35 bits per heavy atom. The maximum Gasteiger partial charge on any atom is 0.418 e. The van der Waals surface area contributed by atoms with Crippen molar-refractivity contribution in [2.24, 2.45) is 0 Å². The summed E-state index contributed by atoms with van der Waals surface area (Å²) >= 11 is 0. The summed E-state index contributed by atoms with van der Waals surface area (Å²) in [5.74, 6) is 0. The average molecular weight is 317 g/mol. The molecule has 0 fully saturated rings. The van der Waals surface area contributed by atoms with Crippen LogP contribution in [0.4, 0.5) is 0 Å². The lowest BCUT2D eigenvalue weighted by atomic mass is 10.0. The largest absolute Gasteiger partial charge is 0.449 e. The molecule has 2 nitrogen and oxygen atoms in total. The number of hydrogen-bond acceptors (Lipinski definition) is 2. The quantitative estimate of drug-likeness (QED) is 0.344. The summed E-state index contributed by atoms with van der Waals surface area (Å²) in [6.07, 6.45) is 15.4. The van der Waals surface area contributed by atoms with E-state index in [1.54, 1.807) is 6.47 Å². The van der Waals surface area contributed by atoms with Crippen LogP contribution >= 0.6 is 0 Å². The Balaban J connectivity index is 2.01. The SMILES string of the molecule is CCCCCCCCCCCCCC(O[C]=O)c1ccccc1. The van der Waals surface area contributed by atoms with Crippen molar-refractivity contribution >= 4 is 6.47 Å². The molecule has 0 aliphatic rings. The first-order valence-corrected chi connectivity index (χ1v) is 9.46. The topological polar surface area (TPSA) is 26.3 Å². The van der Waals surface area contributed by atoms with Crippen molar-refractivity contribution in [2.75, 3.05) is 0 Å². The second kappa shape index (κ2) is 14.3. The average Bonchev–Trinajstić information content (AvgIpc) is 2.59. The maximum atomic E-state index is 10.5. The molecular formula is C21H33O2. The fraction of sp³-hybridized carbons (Fsp3) is 0.667. The summed E-state index contributed by atoms with van der Waals surface area (Å²) in [5.41, 5.74) is 1.07. The van der Waals surface area contributed by atoms with Gasteiger partial charge in [-0.25, -0.2) is 4.79 Å². The van der Waals surface area contributed by atoms with Crippen molar-refractivity contribution in [3.63, 3.8) is 0 Å². The van der Waals surface area contributed by atoms with Gasteiger partial charge in [-0.3, -0.25) is 0 Å². The lowest BCUT2D eigenvalue weighted by molar-refractivity contribution is 0.166. The first-order valence-electron chi connectivity index (χ1n) is 9.46. The molecule has 0 aliphatic carbocycles. The predicted molar refractivity (Wildman–Crippen MR) is 97.0 cm³/mol. The smallest absolute Gasteiger partial charge is 0.418 e. The van der Waals surface area contributed by atoms with Crippen molar-refractivity contribution in [1.82, 2.24) is 0 Å².